The molecule has 1 rings (SSSR count). The van der Waals surface area contributed by atoms with Crippen LogP contribution in [-0.4, -0.2) is 30.1 Å². The third kappa shape index (κ3) is 4.17. The Kier molecular flexibility index (Phi) is 5.94. The summed E-state index contributed by atoms with van der Waals surface area (Å²) in [6.07, 6.45) is -1.64. The predicted octanol–water partition coefficient (Wildman–Crippen LogP) is 2.96. The summed E-state index contributed by atoms with van der Waals surface area (Å²) in [7, 11) is 1.74. The van der Waals surface area contributed by atoms with E-state index < -0.39 is 11.7 Å². The van der Waals surface area contributed by atoms with E-state index in [-0.39, 0.29) is 17.7 Å². The van der Waals surface area contributed by atoms with Crippen molar-refractivity contribution in [3.05, 3.63) is 17.7 Å². The third-order valence-corrected chi connectivity index (χ3v) is 3.74. The first-order valence-electron chi connectivity index (χ1n) is 6.11. The molecule has 20 heavy (non-hydrogen) atoms. The maximum atomic E-state index is 12.9. The van der Waals surface area contributed by atoms with Crippen LogP contribution in [0, 0.1) is 0 Å². The zero-order valence-corrected chi connectivity index (χ0v) is 12.5. The standard InChI is InChI=1S/C12H19F3N4S/c1-4-9(7-20-3)19(2)11-6-8(12(13,14)15)5-10(17-11)18-16/h5-6,9H,4,7,16H2,1-3H3,(H,17,18). The molecule has 0 aromatic carbocycles. The molecule has 1 atom stereocenters. The zero-order chi connectivity index (χ0) is 15.3. The molecule has 0 saturated heterocycles. The van der Waals surface area contributed by atoms with Gasteiger partial charge in [-0.05, 0) is 24.8 Å². The number of anilines is 2. The van der Waals surface area contributed by atoms with E-state index in [4.69, 9.17) is 5.84 Å². The van der Waals surface area contributed by atoms with Crippen LogP contribution in [0.1, 0.15) is 18.9 Å². The Hall–Kier alpha value is -1.15. The minimum atomic E-state index is -4.43. The van der Waals surface area contributed by atoms with Gasteiger partial charge in [0.2, 0.25) is 0 Å². The molecule has 0 saturated carbocycles. The summed E-state index contributed by atoms with van der Waals surface area (Å²) in [5, 5.41) is 0. The summed E-state index contributed by atoms with van der Waals surface area (Å²) in [6, 6.07) is 2.06. The van der Waals surface area contributed by atoms with Crippen molar-refractivity contribution >= 4 is 23.4 Å². The number of aromatic nitrogens is 1. The van der Waals surface area contributed by atoms with Crippen molar-refractivity contribution in [2.45, 2.75) is 25.6 Å². The molecule has 1 heterocycles. The monoisotopic (exact) mass is 308 g/mol. The highest BCUT2D eigenvalue weighted by molar-refractivity contribution is 7.98. The molecule has 0 fully saturated rings. The average Bonchev–Trinajstić information content (AvgIpc) is 2.42. The highest BCUT2D eigenvalue weighted by Crippen LogP contribution is 2.33. The van der Waals surface area contributed by atoms with Gasteiger partial charge in [0.15, 0.2) is 0 Å². The van der Waals surface area contributed by atoms with Crippen LogP contribution in [0.25, 0.3) is 0 Å². The Morgan fingerprint density at radius 1 is 1.45 bits per heavy atom. The second-order valence-electron chi connectivity index (χ2n) is 4.37. The number of nitrogens with two attached hydrogens (primary N) is 1. The van der Waals surface area contributed by atoms with Gasteiger partial charge in [-0.25, -0.2) is 10.8 Å². The molecule has 4 nitrogen and oxygen atoms in total. The van der Waals surface area contributed by atoms with Gasteiger partial charge in [-0.15, -0.1) is 0 Å². The molecule has 1 unspecified atom stereocenters. The van der Waals surface area contributed by atoms with Crippen LogP contribution in [0.2, 0.25) is 0 Å². The molecule has 0 radical (unpaired) electrons. The summed E-state index contributed by atoms with van der Waals surface area (Å²) in [4.78, 5) is 5.85. The number of pyridine rings is 1. The minimum Gasteiger partial charge on any atom is -0.356 e. The van der Waals surface area contributed by atoms with E-state index in [2.05, 4.69) is 10.4 Å². The Balaban J connectivity index is 3.16. The van der Waals surface area contributed by atoms with Crippen molar-refractivity contribution in [1.29, 1.82) is 0 Å². The van der Waals surface area contributed by atoms with Crippen LogP contribution >= 0.6 is 11.8 Å². The van der Waals surface area contributed by atoms with E-state index >= 15 is 0 Å². The van der Waals surface area contributed by atoms with Gasteiger partial charge in [0.1, 0.15) is 11.6 Å². The van der Waals surface area contributed by atoms with Crippen LogP contribution < -0.4 is 16.2 Å². The van der Waals surface area contributed by atoms with E-state index in [0.29, 0.717) is 0 Å². The number of thioether (sulfide) groups is 1. The minimum absolute atomic E-state index is 0.000629. The number of alkyl halides is 3. The quantitative estimate of drug-likeness (QED) is 0.625. The molecule has 0 aliphatic heterocycles. The smallest absolute Gasteiger partial charge is 0.356 e. The molecule has 0 amide bonds. The normalized spacial score (nSPS) is 13.2. The van der Waals surface area contributed by atoms with Gasteiger partial charge >= 0.3 is 6.18 Å². The van der Waals surface area contributed by atoms with E-state index in [9.17, 15) is 13.2 Å². The molecule has 0 aliphatic carbocycles. The van der Waals surface area contributed by atoms with E-state index in [0.717, 1.165) is 24.3 Å². The van der Waals surface area contributed by atoms with Gasteiger partial charge in [-0.2, -0.15) is 24.9 Å². The van der Waals surface area contributed by atoms with Crippen LogP contribution in [0.4, 0.5) is 24.8 Å². The van der Waals surface area contributed by atoms with Crippen molar-refractivity contribution in [2.75, 3.05) is 29.4 Å². The van der Waals surface area contributed by atoms with Crippen molar-refractivity contribution in [3.63, 3.8) is 0 Å². The highest BCUT2D eigenvalue weighted by Gasteiger charge is 2.32. The lowest BCUT2D eigenvalue weighted by molar-refractivity contribution is -0.137. The zero-order valence-electron chi connectivity index (χ0n) is 11.7. The number of hydrazine groups is 1. The summed E-state index contributed by atoms with van der Waals surface area (Å²) in [5.74, 6) is 6.27. The molecule has 0 bridgehead atoms. The Labute approximate surface area is 120 Å². The molecule has 1 aromatic rings. The predicted molar refractivity (Wildman–Crippen MR) is 77.9 cm³/mol. The second kappa shape index (κ2) is 7.03. The molecule has 114 valence electrons. The van der Waals surface area contributed by atoms with Crippen molar-refractivity contribution in [2.24, 2.45) is 5.84 Å². The summed E-state index contributed by atoms with van der Waals surface area (Å²) < 4.78 is 38.6. The van der Waals surface area contributed by atoms with Gasteiger partial charge in [0.05, 0.1) is 5.56 Å². The Morgan fingerprint density at radius 2 is 2.10 bits per heavy atom. The third-order valence-electron chi connectivity index (χ3n) is 3.03. The lowest BCUT2D eigenvalue weighted by Gasteiger charge is -2.28. The van der Waals surface area contributed by atoms with Crippen LogP contribution in [0.15, 0.2) is 12.1 Å². The first kappa shape index (κ1) is 16.9. The van der Waals surface area contributed by atoms with Gasteiger partial charge in [0.25, 0.3) is 0 Å². The molecule has 0 spiro atoms. The fourth-order valence-electron chi connectivity index (χ4n) is 1.82. The number of halogens is 3. The van der Waals surface area contributed by atoms with Crippen LogP contribution in [0.5, 0.6) is 0 Å². The summed E-state index contributed by atoms with van der Waals surface area (Å²) in [5.41, 5.74) is 1.42. The first-order chi connectivity index (χ1) is 9.33. The van der Waals surface area contributed by atoms with Crippen LogP contribution in [0.3, 0.4) is 0 Å². The first-order valence-corrected chi connectivity index (χ1v) is 7.50. The highest BCUT2D eigenvalue weighted by atomic mass is 32.2. The van der Waals surface area contributed by atoms with Crippen molar-refractivity contribution in [1.82, 2.24) is 4.98 Å². The number of hydrogen-bond donors (Lipinski definition) is 2. The van der Waals surface area contributed by atoms with Gasteiger partial charge in [-0.1, -0.05) is 6.92 Å². The number of nitrogen functional groups attached to an aromatic ring is 1. The molecule has 3 N–H and O–H groups in total. The van der Waals surface area contributed by atoms with E-state index in [1.807, 2.05) is 13.2 Å². The molecular weight excluding hydrogens is 289 g/mol. The second-order valence-corrected chi connectivity index (χ2v) is 5.28. The number of rotatable bonds is 6. The topological polar surface area (TPSA) is 54.2 Å². The van der Waals surface area contributed by atoms with Gasteiger partial charge < -0.3 is 10.3 Å². The molecule has 0 aliphatic rings. The number of nitrogens with one attached hydrogen (secondary N) is 1. The lowest BCUT2D eigenvalue weighted by Crippen LogP contribution is -2.34. The Bertz CT molecular complexity index is 439. The maximum Gasteiger partial charge on any atom is 0.416 e. The number of hydrogen-bond acceptors (Lipinski definition) is 5. The fourth-order valence-corrected chi connectivity index (χ4v) is 2.66. The maximum absolute atomic E-state index is 12.9. The lowest BCUT2D eigenvalue weighted by atomic mass is 10.2. The molecule has 8 heteroatoms. The van der Waals surface area contributed by atoms with Crippen molar-refractivity contribution in [3.8, 4) is 0 Å². The van der Waals surface area contributed by atoms with E-state index in [1.54, 1.807) is 23.7 Å². The van der Waals surface area contributed by atoms with Gasteiger partial charge in [-0.3, -0.25) is 0 Å². The molecular formula is C12H19F3N4S. The fraction of sp³-hybridized carbons (Fsp3) is 0.583. The van der Waals surface area contributed by atoms with Crippen molar-refractivity contribution < 1.29 is 13.2 Å². The summed E-state index contributed by atoms with van der Waals surface area (Å²) in [6.45, 7) is 1.99. The van der Waals surface area contributed by atoms with E-state index in [1.165, 1.54) is 0 Å². The van der Waals surface area contributed by atoms with Crippen LogP contribution in [-0.2, 0) is 6.18 Å². The average molecular weight is 308 g/mol. The summed E-state index contributed by atoms with van der Waals surface area (Å²) >= 11 is 1.65. The largest absolute Gasteiger partial charge is 0.416 e. The SMILES string of the molecule is CCC(CSC)N(C)c1cc(C(F)(F)F)cc(NN)n1. The Morgan fingerprint density at radius 3 is 2.55 bits per heavy atom. The van der Waals surface area contributed by atoms with Gasteiger partial charge in [0, 0.05) is 18.8 Å². The molecule has 1 aromatic heterocycles. The number of nitrogens with zero attached hydrogens (tertiary/aromatic N) is 2.